The highest BCUT2D eigenvalue weighted by molar-refractivity contribution is 6.32. The lowest BCUT2D eigenvalue weighted by Crippen LogP contribution is -2.01. The number of methoxy groups -OCH3 is 1. The standard InChI is InChI=1S/C9H10ClN5O/c1-16-8-3-2-6(4-7(8)10)5-11-9-12-14-15-13-9/h2-4H,5H2,1H3,(H2,11,12,13,14,15). The first-order chi connectivity index (χ1) is 7.79. The van der Waals surface area contributed by atoms with E-state index in [4.69, 9.17) is 16.3 Å². The van der Waals surface area contributed by atoms with E-state index in [0.29, 0.717) is 23.3 Å². The number of rotatable bonds is 4. The van der Waals surface area contributed by atoms with Crippen molar-refractivity contribution in [3.8, 4) is 5.75 Å². The molecule has 0 atom stereocenters. The molecule has 0 saturated carbocycles. The van der Waals surface area contributed by atoms with Gasteiger partial charge in [0.05, 0.1) is 12.1 Å². The third-order valence-corrected chi connectivity index (χ3v) is 2.31. The molecule has 0 bridgehead atoms. The maximum absolute atomic E-state index is 5.99. The van der Waals surface area contributed by atoms with Crippen LogP contribution in [0.1, 0.15) is 5.56 Å². The molecule has 1 heterocycles. The fraction of sp³-hybridized carbons (Fsp3) is 0.222. The summed E-state index contributed by atoms with van der Waals surface area (Å²) in [6.07, 6.45) is 0. The molecule has 7 heteroatoms. The van der Waals surface area contributed by atoms with E-state index in [1.165, 1.54) is 0 Å². The van der Waals surface area contributed by atoms with Gasteiger partial charge in [-0.3, -0.25) is 0 Å². The van der Waals surface area contributed by atoms with Crippen molar-refractivity contribution in [3.05, 3.63) is 28.8 Å². The third-order valence-electron chi connectivity index (χ3n) is 2.01. The van der Waals surface area contributed by atoms with Gasteiger partial charge in [-0.2, -0.15) is 5.21 Å². The van der Waals surface area contributed by atoms with Crippen molar-refractivity contribution in [2.24, 2.45) is 0 Å². The highest BCUT2D eigenvalue weighted by Gasteiger charge is 2.02. The summed E-state index contributed by atoms with van der Waals surface area (Å²) in [5, 5.41) is 16.9. The van der Waals surface area contributed by atoms with E-state index < -0.39 is 0 Å². The van der Waals surface area contributed by atoms with Gasteiger partial charge in [0, 0.05) is 6.54 Å². The number of benzene rings is 1. The van der Waals surface area contributed by atoms with Crippen molar-refractivity contribution in [2.75, 3.05) is 12.4 Å². The van der Waals surface area contributed by atoms with E-state index in [2.05, 4.69) is 25.9 Å². The fourth-order valence-electron chi connectivity index (χ4n) is 1.24. The van der Waals surface area contributed by atoms with Gasteiger partial charge in [0.1, 0.15) is 5.75 Å². The minimum atomic E-state index is 0.451. The molecule has 2 aromatic rings. The molecule has 0 amide bonds. The Kier molecular flexibility index (Phi) is 3.21. The first kappa shape index (κ1) is 10.7. The zero-order valence-electron chi connectivity index (χ0n) is 8.57. The van der Waals surface area contributed by atoms with Gasteiger partial charge in [-0.25, -0.2) is 0 Å². The largest absolute Gasteiger partial charge is 0.495 e. The summed E-state index contributed by atoms with van der Waals surface area (Å²) in [6, 6.07) is 5.56. The summed E-state index contributed by atoms with van der Waals surface area (Å²) in [6.45, 7) is 0.573. The van der Waals surface area contributed by atoms with Gasteiger partial charge >= 0.3 is 0 Å². The summed E-state index contributed by atoms with van der Waals surface area (Å²) >= 11 is 5.99. The normalized spacial score (nSPS) is 10.1. The van der Waals surface area contributed by atoms with Crippen LogP contribution in [0.3, 0.4) is 0 Å². The van der Waals surface area contributed by atoms with Crippen LogP contribution in [0.15, 0.2) is 18.2 Å². The SMILES string of the molecule is COc1ccc(CNc2nn[nH]n2)cc1Cl. The molecular weight excluding hydrogens is 230 g/mol. The average Bonchev–Trinajstić information content (AvgIpc) is 2.79. The highest BCUT2D eigenvalue weighted by atomic mass is 35.5. The molecule has 0 saturated heterocycles. The van der Waals surface area contributed by atoms with E-state index in [-0.39, 0.29) is 0 Å². The van der Waals surface area contributed by atoms with Crippen LogP contribution in [0.25, 0.3) is 0 Å². The Morgan fingerprint density at radius 1 is 1.50 bits per heavy atom. The summed E-state index contributed by atoms with van der Waals surface area (Å²) in [5.41, 5.74) is 1.01. The fourth-order valence-corrected chi connectivity index (χ4v) is 1.52. The van der Waals surface area contributed by atoms with Crippen molar-refractivity contribution < 1.29 is 4.74 Å². The predicted octanol–water partition coefficient (Wildman–Crippen LogP) is 1.47. The molecule has 1 aromatic heterocycles. The summed E-state index contributed by atoms with van der Waals surface area (Å²) in [7, 11) is 1.58. The number of nitrogens with one attached hydrogen (secondary N) is 2. The van der Waals surface area contributed by atoms with E-state index in [1.54, 1.807) is 7.11 Å². The van der Waals surface area contributed by atoms with Crippen LogP contribution in [0, 0.1) is 0 Å². The molecule has 0 aliphatic carbocycles. The quantitative estimate of drug-likeness (QED) is 0.845. The molecule has 84 valence electrons. The molecule has 0 spiro atoms. The predicted molar refractivity (Wildman–Crippen MR) is 59.5 cm³/mol. The third kappa shape index (κ3) is 2.40. The molecule has 0 radical (unpaired) electrons. The van der Waals surface area contributed by atoms with Gasteiger partial charge in [0.15, 0.2) is 0 Å². The lowest BCUT2D eigenvalue weighted by atomic mass is 10.2. The van der Waals surface area contributed by atoms with Crippen molar-refractivity contribution in [1.82, 2.24) is 20.6 Å². The van der Waals surface area contributed by atoms with Crippen molar-refractivity contribution in [1.29, 1.82) is 0 Å². The monoisotopic (exact) mass is 239 g/mol. The van der Waals surface area contributed by atoms with Crippen LogP contribution in [0.5, 0.6) is 5.75 Å². The number of hydrogen-bond acceptors (Lipinski definition) is 5. The van der Waals surface area contributed by atoms with Crippen molar-refractivity contribution >= 4 is 17.5 Å². The number of ether oxygens (including phenoxy) is 1. The molecule has 16 heavy (non-hydrogen) atoms. The van der Waals surface area contributed by atoms with Crippen LogP contribution in [0.4, 0.5) is 5.95 Å². The zero-order valence-corrected chi connectivity index (χ0v) is 9.32. The Hall–Kier alpha value is -1.82. The van der Waals surface area contributed by atoms with Gasteiger partial charge in [-0.15, -0.1) is 5.10 Å². The molecule has 1 aromatic carbocycles. The molecule has 6 nitrogen and oxygen atoms in total. The van der Waals surface area contributed by atoms with E-state index >= 15 is 0 Å². The molecular formula is C9H10ClN5O. The van der Waals surface area contributed by atoms with Gasteiger partial charge in [0.25, 0.3) is 5.95 Å². The Bertz CT molecular complexity index is 459. The lowest BCUT2D eigenvalue weighted by molar-refractivity contribution is 0.415. The van der Waals surface area contributed by atoms with E-state index in [0.717, 1.165) is 5.56 Å². The number of aromatic amines is 1. The Balaban J connectivity index is 2.02. The smallest absolute Gasteiger partial charge is 0.263 e. The molecule has 2 rings (SSSR count). The molecule has 0 fully saturated rings. The first-order valence-corrected chi connectivity index (χ1v) is 4.97. The highest BCUT2D eigenvalue weighted by Crippen LogP contribution is 2.24. The maximum atomic E-state index is 5.99. The van der Waals surface area contributed by atoms with Crippen LogP contribution >= 0.6 is 11.6 Å². The van der Waals surface area contributed by atoms with Gasteiger partial charge < -0.3 is 10.1 Å². The minimum absolute atomic E-state index is 0.451. The molecule has 0 aliphatic rings. The van der Waals surface area contributed by atoms with Crippen LogP contribution in [0.2, 0.25) is 5.02 Å². The number of halogens is 1. The second-order valence-electron chi connectivity index (χ2n) is 3.06. The maximum Gasteiger partial charge on any atom is 0.263 e. The Labute approximate surface area is 97.0 Å². The number of hydrogen-bond donors (Lipinski definition) is 2. The first-order valence-electron chi connectivity index (χ1n) is 4.59. The molecule has 2 N–H and O–H groups in total. The number of nitrogens with zero attached hydrogens (tertiary/aromatic N) is 3. The van der Waals surface area contributed by atoms with E-state index in [1.807, 2.05) is 18.2 Å². The Morgan fingerprint density at radius 3 is 3.00 bits per heavy atom. The Morgan fingerprint density at radius 2 is 2.38 bits per heavy atom. The second kappa shape index (κ2) is 4.80. The van der Waals surface area contributed by atoms with Crippen molar-refractivity contribution in [2.45, 2.75) is 6.54 Å². The lowest BCUT2D eigenvalue weighted by Gasteiger charge is -2.06. The van der Waals surface area contributed by atoms with Gasteiger partial charge in [-0.1, -0.05) is 22.8 Å². The topological polar surface area (TPSA) is 75.7 Å². The molecule has 0 aliphatic heterocycles. The summed E-state index contributed by atoms with van der Waals surface area (Å²) in [4.78, 5) is 0. The van der Waals surface area contributed by atoms with Gasteiger partial charge in [-0.05, 0) is 22.9 Å². The summed E-state index contributed by atoms with van der Waals surface area (Å²) < 4.78 is 5.06. The zero-order chi connectivity index (χ0) is 11.4. The summed E-state index contributed by atoms with van der Waals surface area (Å²) in [5.74, 6) is 1.11. The van der Waals surface area contributed by atoms with Crippen LogP contribution in [-0.4, -0.2) is 27.7 Å². The number of tetrazole rings is 1. The van der Waals surface area contributed by atoms with Crippen LogP contribution in [-0.2, 0) is 6.54 Å². The number of H-pyrrole nitrogens is 1. The van der Waals surface area contributed by atoms with Crippen molar-refractivity contribution in [3.63, 3.8) is 0 Å². The van der Waals surface area contributed by atoms with Crippen LogP contribution < -0.4 is 10.1 Å². The van der Waals surface area contributed by atoms with Gasteiger partial charge in [0.2, 0.25) is 0 Å². The average molecular weight is 240 g/mol. The second-order valence-corrected chi connectivity index (χ2v) is 3.47. The minimum Gasteiger partial charge on any atom is -0.495 e. The number of anilines is 1. The molecule has 0 unspecified atom stereocenters. The number of aromatic nitrogens is 4. The van der Waals surface area contributed by atoms with E-state index in [9.17, 15) is 0 Å².